The lowest BCUT2D eigenvalue weighted by atomic mass is 9.76. The van der Waals surface area contributed by atoms with Crippen LogP contribution in [0.3, 0.4) is 0 Å². The molecule has 0 aliphatic carbocycles. The Bertz CT molecular complexity index is 842. The molecular formula is C19H22FN3O4. The van der Waals surface area contributed by atoms with Gasteiger partial charge in [-0.15, -0.1) is 0 Å². The van der Waals surface area contributed by atoms with E-state index in [9.17, 15) is 18.8 Å². The van der Waals surface area contributed by atoms with E-state index in [4.69, 9.17) is 4.74 Å². The summed E-state index contributed by atoms with van der Waals surface area (Å²) in [6.07, 6.45) is 0. The maximum absolute atomic E-state index is 14.0. The van der Waals surface area contributed by atoms with Gasteiger partial charge in [0.1, 0.15) is 11.4 Å². The zero-order valence-electron chi connectivity index (χ0n) is 15.4. The minimum absolute atomic E-state index is 0.00130. The lowest BCUT2D eigenvalue weighted by Gasteiger charge is -2.30. The number of anilines is 1. The predicted octanol–water partition coefficient (Wildman–Crippen LogP) is 0.849. The molecule has 0 radical (unpaired) electrons. The van der Waals surface area contributed by atoms with Crippen LogP contribution in [-0.2, 0) is 24.7 Å². The van der Waals surface area contributed by atoms with Gasteiger partial charge in [-0.1, -0.05) is 13.8 Å². The summed E-state index contributed by atoms with van der Waals surface area (Å²) >= 11 is 0. The SMILES string of the molecule is COCCN1C(=O)[C@@H]2C(C(C)C)NC3(C(=O)Nc4ccc(F)cc43)[C@@H]2C1=O. The lowest BCUT2D eigenvalue weighted by Crippen LogP contribution is -2.54. The quantitative estimate of drug-likeness (QED) is 0.762. The predicted molar refractivity (Wildman–Crippen MR) is 94.0 cm³/mol. The Morgan fingerprint density at radius 2 is 2.00 bits per heavy atom. The Morgan fingerprint density at radius 3 is 2.67 bits per heavy atom. The van der Waals surface area contributed by atoms with Gasteiger partial charge in [0.2, 0.25) is 17.7 Å². The number of carbonyl (C=O) groups excluding carboxylic acids is 3. The third-order valence-electron chi connectivity index (χ3n) is 5.94. The van der Waals surface area contributed by atoms with E-state index in [1.807, 2.05) is 13.8 Å². The molecule has 0 aromatic heterocycles. The Balaban J connectivity index is 1.86. The number of methoxy groups -OCH3 is 1. The molecule has 1 aromatic carbocycles. The van der Waals surface area contributed by atoms with Crippen LogP contribution in [0.4, 0.5) is 10.1 Å². The molecule has 4 atom stereocenters. The fourth-order valence-corrected chi connectivity index (χ4v) is 4.74. The molecule has 27 heavy (non-hydrogen) atoms. The molecule has 2 saturated heterocycles. The van der Waals surface area contributed by atoms with Crippen LogP contribution < -0.4 is 10.6 Å². The maximum Gasteiger partial charge on any atom is 0.250 e. The minimum atomic E-state index is -1.44. The number of nitrogens with zero attached hydrogens (tertiary/aromatic N) is 1. The van der Waals surface area contributed by atoms with Crippen molar-refractivity contribution in [1.29, 1.82) is 0 Å². The largest absolute Gasteiger partial charge is 0.383 e. The molecule has 1 spiro atoms. The molecular weight excluding hydrogens is 353 g/mol. The standard InChI is InChI=1S/C19H22FN3O4/c1-9(2)15-13-14(17(25)23(16(13)24)6-7-27-3)19(22-15)11-8-10(20)4-5-12(11)21-18(19)26/h4-5,8-9,13-15,22H,6-7H2,1-3H3,(H,21,26)/t13-,14-,15?,19?/m0/s1. The summed E-state index contributed by atoms with van der Waals surface area (Å²) in [5.41, 5.74) is -0.584. The van der Waals surface area contributed by atoms with E-state index < -0.39 is 35.0 Å². The molecule has 0 saturated carbocycles. The summed E-state index contributed by atoms with van der Waals surface area (Å²) in [6.45, 7) is 4.23. The van der Waals surface area contributed by atoms with Crippen molar-refractivity contribution in [1.82, 2.24) is 10.2 Å². The van der Waals surface area contributed by atoms with Crippen LogP contribution in [0, 0.1) is 23.6 Å². The van der Waals surface area contributed by atoms with Crippen LogP contribution in [-0.4, -0.2) is 48.9 Å². The summed E-state index contributed by atoms with van der Waals surface area (Å²) in [6, 6.07) is 3.65. The molecule has 3 aliphatic rings. The zero-order valence-corrected chi connectivity index (χ0v) is 15.4. The first kappa shape index (κ1) is 18.1. The highest BCUT2D eigenvalue weighted by molar-refractivity contribution is 6.15. The average molecular weight is 375 g/mol. The van der Waals surface area contributed by atoms with Gasteiger partial charge in [0.05, 0.1) is 25.0 Å². The number of likely N-dealkylation sites (tertiary alicyclic amines) is 1. The Labute approximate surface area is 156 Å². The smallest absolute Gasteiger partial charge is 0.250 e. The highest BCUT2D eigenvalue weighted by atomic mass is 19.1. The Morgan fingerprint density at radius 1 is 1.26 bits per heavy atom. The lowest BCUT2D eigenvalue weighted by molar-refractivity contribution is -0.143. The molecule has 2 N–H and O–H groups in total. The van der Waals surface area contributed by atoms with Gasteiger partial charge >= 0.3 is 0 Å². The summed E-state index contributed by atoms with van der Waals surface area (Å²) in [5.74, 6) is -3.21. The van der Waals surface area contributed by atoms with Gasteiger partial charge in [0.15, 0.2) is 0 Å². The fraction of sp³-hybridized carbons (Fsp3) is 0.526. The van der Waals surface area contributed by atoms with E-state index in [1.54, 1.807) is 0 Å². The molecule has 2 fully saturated rings. The first-order valence-electron chi connectivity index (χ1n) is 9.06. The monoisotopic (exact) mass is 375 g/mol. The van der Waals surface area contributed by atoms with E-state index in [1.165, 1.54) is 30.2 Å². The van der Waals surface area contributed by atoms with Crippen molar-refractivity contribution in [2.75, 3.05) is 25.6 Å². The second-order valence-corrected chi connectivity index (χ2v) is 7.69. The Hall–Kier alpha value is -2.32. The number of amides is 3. The number of hydrogen-bond acceptors (Lipinski definition) is 5. The van der Waals surface area contributed by atoms with Crippen LogP contribution >= 0.6 is 0 Å². The molecule has 2 unspecified atom stereocenters. The first-order chi connectivity index (χ1) is 12.8. The van der Waals surface area contributed by atoms with Crippen molar-refractivity contribution in [3.05, 3.63) is 29.6 Å². The van der Waals surface area contributed by atoms with Gasteiger partial charge in [0.25, 0.3) is 0 Å². The second-order valence-electron chi connectivity index (χ2n) is 7.69. The van der Waals surface area contributed by atoms with Crippen molar-refractivity contribution in [2.24, 2.45) is 17.8 Å². The molecule has 3 amide bonds. The van der Waals surface area contributed by atoms with Crippen LogP contribution in [0.25, 0.3) is 0 Å². The van der Waals surface area contributed by atoms with Gasteiger partial charge in [-0.3, -0.25) is 24.6 Å². The molecule has 4 rings (SSSR count). The van der Waals surface area contributed by atoms with Gasteiger partial charge in [-0.05, 0) is 24.1 Å². The van der Waals surface area contributed by atoms with Crippen molar-refractivity contribution >= 4 is 23.4 Å². The van der Waals surface area contributed by atoms with E-state index >= 15 is 0 Å². The topological polar surface area (TPSA) is 87.7 Å². The fourth-order valence-electron chi connectivity index (χ4n) is 4.74. The summed E-state index contributed by atoms with van der Waals surface area (Å²) in [4.78, 5) is 40.5. The van der Waals surface area contributed by atoms with Gasteiger partial charge < -0.3 is 10.1 Å². The van der Waals surface area contributed by atoms with Crippen LogP contribution in [0.5, 0.6) is 0 Å². The van der Waals surface area contributed by atoms with E-state index in [-0.39, 0.29) is 31.0 Å². The first-order valence-corrected chi connectivity index (χ1v) is 9.06. The maximum atomic E-state index is 14.0. The number of carbonyl (C=O) groups is 3. The van der Waals surface area contributed by atoms with Crippen LogP contribution in [0.1, 0.15) is 19.4 Å². The van der Waals surface area contributed by atoms with Crippen LogP contribution in [0.15, 0.2) is 18.2 Å². The molecule has 0 bridgehead atoms. The molecule has 3 aliphatic heterocycles. The van der Waals surface area contributed by atoms with Gasteiger partial charge in [0, 0.05) is 24.4 Å². The summed E-state index contributed by atoms with van der Waals surface area (Å²) in [5, 5.41) is 6.01. The number of ether oxygens (including phenoxy) is 1. The second kappa shape index (κ2) is 6.10. The highest BCUT2D eigenvalue weighted by Gasteiger charge is 2.70. The van der Waals surface area contributed by atoms with Gasteiger partial charge in [-0.2, -0.15) is 0 Å². The van der Waals surface area contributed by atoms with Gasteiger partial charge in [-0.25, -0.2) is 4.39 Å². The number of nitrogens with one attached hydrogen (secondary N) is 2. The molecule has 144 valence electrons. The van der Waals surface area contributed by atoms with Crippen LogP contribution in [0.2, 0.25) is 0 Å². The number of hydrogen-bond donors (Lipinski definition) is 2. The molecule has 7 nitrogen and oxygen atoms in total. The van der Waals surface area contributed by atoms with Crippen molar-refractivity contribution in [3.8, 4) is 0 Å². The van der Waals surface area contributed by atoms with Crippen molar-refractivity contribution in [2.45, 2.75) is 25.4 Å². The molecule has 1 aromatic rings. The number of halogens is 1. The average Bonchev–Trinajstić information content (AvgIpc) is 3.20. The Kier molecular flexibility index (Phi) is 4.08. The van der Waals surface area contributed by atoms with Crippen molar-refractivity contribution < 1.29 is 23.5 Å². The summed E-state index contributed by atoms with van der Waals surface area (Å²) in [7, 11) is 1.50. The van der Waals surface area contributed by atoms with E-state index in [0.717, 1.165) is 0 Å². The molecule has 3 heterocycles. The number of imide groups is 1. The molecule has 8 heteroatoms. The van der Waals surface area contributed by atoms with Crippen molar-refractivity contribution in [3.63, 3.8) is 0 Å². The van der Waals surface area contributed by atoms with E-state index in [0.29, 0.717) is 11.3 Å². The zero-order chi connectivity index (χ0) is 19.5. The third kappa shape index (κ3) is 2.29. The third-order valence-corrected chi connectivity index (χ3v) is 5.94. The minimum Gasteiger partial charge on any atom is -0.383 e. The summed E-state index contributed by atoms with van der Waals surface area (Å²) < 4.78 is 19.0. The highest BCUT2D eigenvalue weighted by Crippen LogP contribution is 2.53. The number of fused-ring (bicyclic) bond motifs is 4. The normalized spacial score (nSPS) is 31.8. The van der Waals surface area contributed by atoms with E-state index in [2.05, 4.69) is 10.6 Å². The number of benzene rings is 1. The number of rotatable bonds is 4.